The summed E-state index contributed by atoms with van der Waals surface area (Å²) >= 11 is 0. The van der Waals surface area contributed by atoms with E-state index in [9.17, 15) is 0 Å². The van der Waals surface area contributed by atoms with Crippen molar-refractivity contribution in [3.8, 4) is 0 Å². The van der Waals surface area contributed by atoms with Gasteiger partial charge in [-0.1, -0.05) is 0 Å². The van der Waals surface area contributed by atoms with Crippen LogP contribution in [0.2, 0.25) is 0 Å². The monoisotopic (exact) mass is 168 g/mol. The molecular formula is C10H20N2. The molecular weight excluding hydrogens is 148 g/mol. The first-order valence-electron chi connectivity index (χ1n) is 5.17. The lowest BCUT2D eigenvalue weighted by Crippen LogP contribution is -2.50. The summed E-state index contributed by atoms with van der Waals surface area (Å²) in [6.45, 7) is 5.00. The number of nitrogens with zero attached hydrogens (tertiary/aromatic N) is 1. The highest BCUT2D eigenvalue weighted by molar-refractivity contribution is 4.98. The molecule has 2 aliphatic rings. The molecule has 0 bridgehead atoms. The summed E-state index contributed by atoms with van der Waals surface area (Å²) in [5.74, 6) is 0. The zero-order valence-electron chi connectivity index (χ0n) is 8.27. The minimum Gasteiger partial charge on any atom is -0.316 e. The summed E-state index contributed by atoms with van der Waals surface area (Å²) in [5.41, 5.74) is 0.575. The molecule has 0 amide bonds. The van der Waals surface area contributed by atoms with Gasteiger partial charge in [-0.3, -0.25) is 4.90 Å². The van der Waals surface area contributed by atoms with Gasteiger partial charge in [-0.05, 0) is 39.7 Å². The second-order valence-electron chi connectivity index (χ2n) is 4.57. The molecule has 2 fully saturated rings. The van der Waals surface area contributed by atoms with Gasteiger partial charge in [-0.25, -0.2) is 0 Å². The largest absolute Gasteiger partial charge is 0.316 e. The quantitative estimate of drug-likeness (QED) is 0.667. The molecule has 0 aromatic carbocycles. The summed E-state index contributed by atoms with van der Waals surface area (Å²) < 4.78 is 0. The van der Waals surface area contributed by atoms with E-state index in [1.807, 2.05) is 0 Å². The van der Waals surface area contributed by atoms with Crippen LogP contribution in [0, 0.1) is 0 Å². The Balaban J connectivity index is 1.90. The third-order valence-corrected chi connectivity index (χ3v) is 3.79. The van der Waals surface area contributed by atoms with Gasteiger partial charge in [0.05, 0.1) is 0 Å². The van der Waals surface area contributed by atoms with Crippen LogP contribution in [-0.2, 0) is 0 Å². The molecule has 1 aliphatic carbocycles. The number of rotatable bonds is 2. The van der Waals surface area contributed by atoms with Gasteiger partial charge < -0.3 is 5.32 Å². The maximum atomic E-state index is 3.37. The summed E-state index contributed by atoms with van der Waals surface area (Å²) in [6.07, 6.45) is 5.62. The van der Waals surface area contributed by atoms with Gasteiger partial charge in [0.1, 0.15) is 0 Å². The molecule has 0 aromatic rings. The highest BCUT2D eigenvalue weighted by atomic mass is 15.2. The molecule has 2 rings (SSSR count). The van der Waals surface area contributed by atoms with Crippen molar-refractivity contribution in [1.82, 2.24) is 10.2 Å². The normalized spacial score (nSPS) is 35.0. The van der Waals surface area contributed by atoms with Crippen molar-refractivity contribution in [3.63, 3.8) is 0 Å². The van der Waals surface area contributed by atoms with E-state index in [1.165, 1.54) is 38.8 Å². The van der Waals surface area contributed by atoms with Crippen LogP contribution in [0.25, 0.3) is 0 Å². The number of likely N-dealkylation sites (N-methyl/N-ethyl adjacent to an activating group) is 1. The lowest BCUT2D eigenvalue weighted by Gasteiger charge is -2.46. The van der Waals surface area contributed by atoms with Crippen LogP contribution in [0.15, 0.2) is 0 Å². The van der Waals surface area contributed by atoms with Gasteiger partial charge in [0.25, 0.3) is 0 Å². The Labute approximate surface area is 75.3 Å². The third kappa shape index (κ3) is 1.27. The highest BCUT2D eigenvalue weighted by Crippen LogP contribution is 2.38. The molecule has 0 spiro atoms. The Morgan fingerprint density at radius 1 is 1.42 bits per heavy atom. The zero-order chi connectivity index (χ0) is 8.60. The van der Waals surface area contributed by atoms with E-state index in [0.717, 1.165) is 6.04 Å². The van der Waals surface area contributed by atoms with Crippen molar-refractivity contribution in [2.75, 3.05) is 20.1 Å². The van der Waals surface area contributed by atoms with E-state index in [4.69, 9.17) is 0 Å². The Morgan fingerprint density at radius 2 is 2.17 bits per heavy atom. The van der Waals surface area contributed by atoms with Gasteiger partial charge in [0.15, 0.2) is 0 Å². The molecule has 2 heteroatoms. The molecule has 0 aromatic heterocycles. The van der Waals surface area contributed by atoms with Crippen molar-refractivity contribution < 1.29 is 0 Å². The third-order valence-electron chi connectivity index (χ3n) is 3.79. The van der Waals surface area contributed by atoms with E-state index >= 15 is 0 Å². The Morgan fingerprint density at radius 3 is 2.58 bits per heavy atom. The lowest BCUT2D eigenvalue weighted by atomic mass is 9.77. The van der Waals surface area contributed by atoms with Gasteiger partial charge in [0, 0.05) is 24.7 Å². The summed E-state index contributed by atoms with van der Waals surface area (Å²) in [7, 11) is 2.08. The Hall–Kier alpha value is -0.0800. The second-order valence-corrected chi connectivity index (χ2v) is 4.57. The average Bonchev–Trinajstić information content (AvgIpc) is 2.48. The fourth-order valence-electron chi connectivity index (χ4n) is 2.49. The zero-order valence-corrected chi connectivity index (χ0v) is 8.27. The molecule has 1 saturated carbocycles. The molecule has 0 radical (unpaired) electrons. The van der Waals surface area contributed by atoms with E-state index in [1.54, 1.807) is 0 Å². The summed E-state index contributed by atoms with van der Waals surface area (Å²) in [4.78, 5) is 2.68. The molecule has 1 aliphatic heterocycles. The smallest absolute Gasteiger partial charge is 0.0204 e. The second kappa shape index (κ2) is 3.00. The number of hydrogen-bond donors (Lipinski definition) is 1. The van der Waals surface area contributed by atoms with Gasteiger partial charge in [-0.2, -0.15) is 0 Å². The van der Waals surface area contributed by atoms with E-state index in [-0.39, 0.29) is 0 Å². The first kappa shape index (κ1) is 8.52. The molecule has 1 unspecified atom stereocenters. The van der Waals surface area contributed by atoms with Crippen molar-refractivity contribution in [3.05, 3.63) is 0 Å². The molecule has 70 valence electrons. The van der Waals surface area contributed by atoms with E-state index in [2.05, 4.69) is 24.2 Å². The topological polar surface area (TPSA) is 15.3 Å². The highest BCUT2D eigenvalue weighted by Gasteiger charge is 2.40. The predicted molar refractivity (Wildman–Crippen MR) is 51.3 cm³/mol. The van der Waals surface area contributed by atoms with Crippen LogP contribution in [-0.4, -0.2) is 36.6 Å². The van der Waals surface area contributed by atoms with E-state index < -0.39 is 0 Å². The first-order valence-corrected chi connectivity index (χ1v) is 5.17. The Kier molecular flexibility index (Phi) is 2.13. The van der Waals surface area contributed by atoms with Gasteiger partial charge >= 0.3 is 0 Å². The minimum absolute atomic E-state index is 0.575. The minimum atomic E-state index is 0.575. The first-order chi connectivity index (χ1) is 5.74. The molecule has 1 N–H and O–H groups in total. The van der Waals surface area contributed by atoms with Crippen LogP contribution in [0.5, 0.6) is 0 Å². The van der Waals surface area contributed by atoms with Crippen molar-refractivity contribution in [2.24, 2.45) is 0 Å². The molecule has 2 nitrogen and oxygen atoms in total. The number of nitrogens with one attached hydrogen (secondary N) is 1. The standard InChI is InChI=1S/C10H20N2/c1-10(5-3-6-10)12-7-4-9(8-12)11-2/h9,11H,3-8H2,1-2H3. The average molecular weight is 168 g/mol. The molecule has 12 heavy (non-hydrogen) atoms. The SMILES string of the molecule is CNC1CCN(C2(C)CCC2)C1. The maximum Gasteiger partial charge on any atom is 0.0204 e. The summed E-state index contributed by atoms with van der Waals surface area (Å²) in [6, 6.07) is 0.752. The number of likely N-dealkylation sites (tertiary alicyclic amines) is 1. The predicted octanol–water partition coefficient (Wildman–Crippen LogP) is 1.22. The van der Waals surface area contributed by atoms with Crippen molar-refractivity contribution in [1.29, 1.82) is 0 Å². The fourth-order valence-corrected chi connectivity index (χ4v) is 2.49. The van der Waals surface area contributed by atoms with Crippen LogP contribution in [0.1, 0.15) is 32.6 Å². The molecule has 1 heterocycles. The number of hydrogen-bond acceptors (Lipinski definition) is 2. The van der Waals surface area contributed by atoms with Crippen LogP contribution < -0.4 is 5.32 Å². The summed E-state index contributed by atoms with van der Waals surface area (Å²) in [5, 5.41) is 3.37. The van der Waals surface area contributed by atoms with Gasteiger partial charge in [0.2, 0.25) is 0 Å². The Bertz CT molecular complexity index is 163. The van der Waals surface area contributed by atoms with Crippen LogP contribution in [0.4, 0.5) is 0 Å². The van der Waals surface area contributed by atoms with Gasteiger partial charge in [-0.15, -0.1) is 0 Å². The lowest BCUT2D eigenvalue weighted by molar-refractivity contribution is 0.0525. The van der Waals surface area contributed by atoms with E-state index in [0.29, 0.717) is 5.54 Å². The van der Waals surface area contributed by atoms with Crippen molar-refractivity contribution >= 4 is 0 Å². The van der Waals surface area contributed by atoms with Crippen molar-refractivity contribution in [2.45, 2.75) is 44.2 Å². The maximum absolute atomic E-state index is 3.37. The fraction of sp³-hybridized carbons (Fsp3) is 1.00. The van der Waals surface area contributed by atoms with Crippen LogP contribution >= 0.6 is 0 Å². The molecule has 1 atom stereocenters. The molecule has 1 saturated heterocycles. The van der Waals surface area contributed by atoms with Crippen LogP contribution in [0.3, 0.4) is 0 Å².